The molecule has 18 heavy (non-hydrogen) atoms. The average molecular weight is 267 g/mol. The van der Waals surface area contributed by atoms with E-state index in [1.165, 1.54) is 12.1 Å². The highest BCUT2D eigenvalue weighted by atomic mass is 32.2. The maximum atomic E-state index is 13.2. The number of benzene rings is 1. The molecule has 7 heteroatoms. The SMILES string of the molecule is N#Cc1c(F)cccc1NC(=O)CSCC(=O)[O-]. The van der Waals surface area contributed by atoms with Gasteiger partial charge in [-0.2, -0.15) is 5.26 Å². The maximum Gasteiger partial charge on any atom is 0.234 e. The van der Waals surface area contributed by atoms with Gasteiger partial charge in [0.25, 0.3) is 0 Å². The minimum Gasteiger partial charge on any atom is -0.549 e. The lowest BCUT2D eigenvalue weighted by atomic mass is 10.2. The Morgan fingerprint density at radius 2 is 2.17 bits per heavy atom. The van der Waals surface area contributed by atoms with Crippen molar-refractivity contribution in [3.8, 4) is 6.07 Å². The molecule has 0 spiro atoms. The predicted molar refractivity (Wildman–Crippen MR) is 62.1 cm³/mol. The van der Waals surface area contributed by atoms with Gasteiger partial charge in [-0.25, -0.2) is 4.39 Å². The number of aliphatic carboxylic acids is 1. The second-order valence-corrected chi connectivity index (χ2v) is 4.17. The van der Waals surface area contributed by atoms with Crippen LogP contribution in [-0.2, 0) is 9.59 Å². The minimum absolute atomic E-state index is 0.0663. The van der Waals surface area contributed by atoms with Crippen LogP contribution in [0.2, 0.25) is 0 Å². The number of thioether (sulfide) groups is 1. The van der Waals surface area contributed by atoms with Crippen molar-refractivity contribution >= 4 is 29.3 Å². The molecule has 0 fully saturated rings. The molecule has 1 N–H and O–H groups in total. The van der Waals surface area contributed by atoms with Crippen molar-refractivity contribution in [1.29, 1.82) is 5.26 Å². The summed E-state index contributed by atoms with van der Waals surface area (Å²) in [6.07, 6.45) is 0. The van der Waals surface area contributed by atoms with Crippen molar-refractivity contribution in [2.24, 2.45) is 0 Å². The molecule has 5 nitrogen and oxygen atoms in total. The number of nitrogens with one attached hydrogen (secondary N) is 1. The first kappa shape index (κ1) is 14.0. The Balaban J connectivity index is 2.63. The molecule has 0 aliphatic heterocycles. The summed E-state index contributed by atoms with van der Waals surface area (Å²) in [5.41, 5.74) is -0.188. The van der Waals surface area contributed by atoms with E-state index in [1.54, 1.807) is 6.07 Å². The van der Waals surface area contributed by atoms with Crippen molar-refractivity contribution in [3.05, 3.63) is 29.6 Å². The number of rotatable bonds is 5. The van der Waals surface area contributed by atoms with E-state index in [0.717, 1.165) is 17.8 Å². The standard InChI is InChI=1S/C11H9FN2O3S/c12-8-2-1-3-9(7(8)4-13)14-10(15)5-18-6-11(16)17/h1-3H,5-6H2,(H,14,15)(H,16,17)/p-1. The van der Waals surface area contributed by atoms with Crippen molar-refractivity contribution in [2.75, 3.05) is 16.8 Å². The second kappa shape index (κ2) is 6.61. The maximum absolute atomic E-state index is 13.2. The molecule has 1 amide bonds. The quantitative estimate of drug-likeness (QED) is 0.817. The molecule has 0 saturated heterocycles. The highest BCUT2D eigenvalue weighted by molar-refractivity contribution is 8.00. The van der Waals surface area contributed by atoms with Crippen LogP contribution in [0, 0.1) is 17.1 Å². The summed E-state index contributed by atoms with van der Waals surface area (Å²) in [5.74, 6) is -2.92. The topological polar surface area (TPSA) is 93.0 Å². The number of carbonyl (C=O) groups excluding carboxylic acids is 2. The summed E-state index contributed by atoms with van der Waals surface area (Å²) in [7, 11) is 0. The molecule has 0 aliphatic carbocycles. The molecule has 1 aromatic carbocycles. The zero-order valence-corrected chi connectivity index (χ0v) is 9.92. The molecule has 1 rings (SSSR count). The Morgan fingerprint density at radius 3 is 2.78 bits per heavy atom. The smallest absolute Gasteiger partial charge is 0.234 e. The Morgan fingerprint density at radius 1 is 1.44 bits per heavy atom. The molecule has 0 radical (unpaired) electrons. The number of halogens is 1. The van der Waals surface area contributed by atoms with Crippen LogP contribution in [0.25, 0.3) is 0 Å². The number of carboxylic acids is 1. The van der Waals surface area contributed by atoms with E-state index in [2.05, 4.69) is 5.32 Å². The van der Waals surface area contributed by atoms with Gasteiger partial charge in [0, 0.05) is 5.75 Å². The minimum atomic E-state index is -1.27. The van der Waals surface area contributed by atoms with Gasteiger partial charge in [-0.1, -0.05) is 6.07 Å². The van der Waals surface area contributed by atoms with Gasteiger partial charge in [0.05, 0.1) is 17.4 Å². The summed E-state index contributed by atoms with van der Waals surface area (Å²) in [6.45, 7) is 0. The van der Waals surface area contributed by atoms with Crippen molar-refractivity contribution in [3.63, 3.8) is 0 Å². The number of hydrogen-bond acceptors (Lipinski definition) is 5. The number of carboxylic acid groups (broad SMARTS) is 1. The van der Waals surface area contributed by atoms with Crippen LogP contribution in [0.4, 0.5) is 10.1 Å². The molecule has 0 aromatic heterocycles. The van der Waals surface area contributed by atoms with Crippen LogP contribution in [0.1, 0.15) is 5.56 Å². The lowest BCUT2D eigenvalue weighted by Gasteiger charge is -2.07. The zero-order valence-electron chi connectivity index (χ0n) is 9.10. The Bertz CT molecular complexity index is 514. The van der Waals surface area contributed by atoms with Crippen LogP contribution in [0.15, 0.2) is 18.2 Å². The molecule has 0 aliphatic rings. The molecule has 0 bridgehead atoms. The first-order valence-electron chi connectivity index (χ1n) is 4.80. The highest BCUT2D eigenvalue weighted by Gasteiger charge is 2.10. The lowest BCUT2D eigenvalue weighted by Crippen LogP contribution is -2.25. The molecule has 0 heterocycles. The third kappa shape index (κ3) is 4.07. The van der Waals surface area contributed by atoms with E-state index in [1.807, 2.05) is 0 Å². The van der Waals surface area contributed by atoms with Gasteiger partial charge in [-0.15, -0.1) is 11.8 Å². The molecule has 0 saturated carbocycles. The molecule has 94 valence electrons. The van der Waals surface area contributed by atoms with Gasteiger partial charge in [-0.05, 0) is 12.1 Å². The molecule has 0 atom stereocenters. The van der Waals surface area contributed by atoms with Crippen LogP contribution < -0.4 is 10.4 Å². The van der Waals surface area contributed by atoms with Crippen LogP contribution in [0.5, 0.6) is 0 Å². The lowest BCUT2D eigenvalue weighted by molar-refractivity contribution is -0.301. The fraction of sp³-hybridized carbons (Fsp3) is 0.182. The predicted octanol–water partition coefficient (Wildman–Crippen LogP) is 0.119. The molecule has 0 unspecified atom stereocenters. The second-order valence-electron chi connectivity index (χ2n) is 3.19. The van der Waals surface area contributed by atoms with E-state index in [4.69, 9.17) is 5.26 Å². The molecular formula is C11H8FN2O3S-. The fourth-order valence-electron chi connectivity index (χ4n) is 1.16. The summed E-state index contributed by atoms with van der Waals surface area (Å²) in [5, 5.41) is 21.2. The van der Waals surface area contributed by atoms with Gasteiger partial charge >= 0.3 is 0 Å². The van der Waals surface area contributed by atoms with E-state index in [0.29, 0.717) is 0 Å². The van der Waals surface area contributed by atoms with Crippen molar-refractivity contribution in [2.45, 2.75) is 0 Å². The number of amides is 1. The highest BCUT2D eigenvalue weighted by Crippen LogP contribution is 2.17. The number of nitriles is 1. The Hall–Kier alpha value is -2.07. The van der Waals surface area contributed by atoms with Crippen molar-refractivity contribution in [1.82, 2.24) is 0 Å². The van der Waals surface area contributed by atoms with Crippen LogP contribution in [-0.4, -0.2) is 23.4 Å². The monoisotopic (exact) mass is 267 g/mol. The number of carbonyl (C=O) groups is 2. The van der Waals surface area contributed by atoms with Crippen LogP contribution >= 0.6 is 11.8 Å². The van der Waals surface area contributed by atoms with Gasteiger partial charge < -0.3 is 15.2 Å². The van der Waals surface area contributed by atoms with Crippen molar-refractivity contribution < 1.29 is 19.1 Å². The van der Waals surface area contributed by atoms with Gasteiger partial charge in [0.1, 0.15) is 17.4 Å². The third-order valence-corrected chi connectivity index (χ3v) is 2.76. The van der Waals surface area contributed by atoms with E-state index < -0.39 is 17.7 Å². The van der Waals surface area contributed by atoms with Gasteiger partial charge in [-0.3, -0.25) is 4.79 Å². The average Bonchev–Trinajstić information content (AvgIpc) is 2.28. The summed E-state index contributed by atoms with van der Waals surface area (Å²) >= 11 is 0.856. The Labute approximate surface area is 107 Å². The van der Waals surface area contributed by atoms with Crippen LogP contribution in [0.3, 0.4) is 0 Å². The molecular weight excluding hydrogens is 259 g/mol. The Kier molecular flexibility index (Phi) is 5.14. The number of anilines is 1. The molecule has 1 aromatic rings. The summed E-state index contributed by atoms with van der Waals surface area (Å²) < 4.78 is 13.2. The van der Waals surface area contributed by atoms with Gasteiger partial charge in [0.2, 0.25) is 5.91 Å². The first-order valence-corrected chi connectivity index (χ1v) is 5.96. The van der Waals surface area contributed by atoms with Gasteiger partial charge in [0.15, 0.2) is 0 Å². The third-order valence-electron chi connectivity index (χ3n) is 1.85. The van der Waals surface area contributed by atoms with E-state index in [-0.39, 0.29) is 22.8 Å². The number of nitrogens with zero attached hydrogens (tertiary/aromatic N) is 1. The van der Waals surface area contributed by atoms with E-state index in [9.17, 15) is 19.1 Å². The first-order chi connectivity index (χ1) is 8.54. The summed E-state index contributed by atoms with van der Waals surface area (Å²) in [6, 6.07) is 5.51. The normalized spacial score (nSPS) is 9.56. The summed E-state index contributed by atoms with van der Waals surface area (Å²) in [4.78, 5) is 21.5. The van der Waals surface area contributed by atoms with E-state index >= 15 is 0 Å². The largest absolute Gasteiger partial charge is 0.549 e. The number of hydrogen-bond donors (Lipinski definition) is 1. The fourth-order valence-corrected chi connectivity index (χ4v) is 1.68. The zero-order chi connectivity index (χ0) is 13.5.